The number of carboxylic acids is 1. The Morgan fingerprint density at radius 2 is 1.42 bits per heavy atom. The third-order valence-electron chi connectivity index (χ3n) is 5.05. The summed E-state index contributed by atoms with van der Waals surface area (Å²) in [5.74, 6) is -0.915. The van der Waals surface area contributed by atoms with E-state index in [0.717, 1.165) is 60.1 Å². The molecule has 3 nitrogen and oxygen atoms in total. The largest absolute Gasteiger partial charge is 0.478 e. The molecule has 1 heterocycles. The van der Waals surface area contributed by atoms with Gasteiger partial charge in [-0.2, -0.15) is 0 Å². The van der Waals surface area contributed by atoms with Crippen LogP contribution in [0, 0.1) is 0 Å². The van der Waals surface area contributed by atoms with Gasteiger partial charge in [-0.25, -0.2) is 4.79 Å². The second kappa shape index (κ2) is 7.12. The highest BCUT2D eigenvalue weighted by molar-refractivity contribution is 6.03. The molecule has 0 atom stereocenters. The minimum atomic E-state index is -0.915. The molecule has 1 aliphatic rings. The Hall–Kier alpha value is -2.94. The first-order valence-electron chi connectivity index (χ1n) is 9.15. The number of hydrogen-bond acceptors (Lipinski definition) is 2. The van der Waals surface area contributed by atoms with Crippen molar-refractivity contribution in [1.82, 2.24) is 4.98 Å². The summed E-state index contributed by atoms with van der Waals surface area (Å²) in [5, 5.41) is 10.1. The molecule has 1 aromatic heterocycles. The third kappa shape index (κ3) is 3.01. The number of aryl methyl sites for hydroxylation is 1. The van der Waals surface area contributed by atoms with E-state index < -0.39 is 5.97 Å². The van der Waals surface area contributed by atoms with E-state index in [-0.39, 0.29) is 0 Å². The van der Waals surface area contributed by atoms with Crippen molar-refractivity contribution in [2.24, 2.45) is 0 Å². The SMILES string of the molecule is O=C(O)c1c(-c2ccccc2)nc2c(c1-c1ccccc1)CCCCC2. The van der Waals surface area contributed by atoms with Crippen molar-refractivity contribution in [2.75, 3.05) is 0 Å². The van der Waals surface area contributed by atoms with Crippen molar-refractivity contribution >= 4 is 5.97 Å². The van der Waals surface area contributed by atoms with E-state index in [9.17, 15) is 9.90 Å². The van der Waals surface area contributed by atoms with Crippen molar-refractivity contribution < 1.29 is 9.90 Å². The summed E-state index contributed by atoms with van der Waals surface area (Å²) < 4.78 is 0. The number of fused-ring (bicyclic) bond motifs is 1. The minimum absolute atomic E-state index is 0.322. The molecule has 0 fully saturated rings. The second-order valence-electron chi connectivity index (χ2n) is 6.73. The summed E-state index contributed by atoms with van der Waals surface area (Å²) >= 11 is 0. The number of carbonyl (C=O) groups is 1. The van der Waals surface area contributed by atoms with Crippen LogP contribution >= 0.6 is 0 Å². The van der Waals surface area contributed by atoms with Crippen LogP contribution in [0.5, 0.6) is 0 Å². The van der Waals surface area contributed by atoms with Crippen molar-refractivity contribution in [2.45, 2.75) is 32.1 Å². The van der Waals surface area contributed by atoms with Gasteiger partial charge in [0.1, 0.15) is 0 Å². The van der Waals surface area contributed by atoms with E-state index in [4.69, 9.17) is 4.98 Å². The summed E-state index contributed by atoms with van der Waals surface area (Å²) in [6.07, 6.45) is 5.15. The first-order chi connectivity index (χ1) is 12.8. The fourth-order valence-corrected chi connectivity index (χ4v) is 3.86. The Balaban J connectivity index is 2.08. The molecule has 0 unspecified atom stereocenters. The number of benzene rings is 2. The molecule has 0 spiro atoms. The molecule has 0 radical (unpaired) electrons. The molecule has 2 aromatic carbocycles. The van der Waals surface area contributed by atoms with E-state index in [2.05, 4.69) is 0 Å². The van der Waals surface area contributed by atoms with Crippen LogP contribution in [-0.2, 0) is 12.8 Å². The highest BCUT2D eigenvalue weighted by Crippen LogP contribution is 2.38. The highest BCUT2D eigenvalue weighted by Gasteiger charge is 2.26. The number of aromatic nitrogens is 1. The maximum Gasteiger partial charge on any atom is 0.338 e. The van der Waals surface area contributed by atoms with Crippen LogP contribution in [0.15, 0.2) is 60.7 Å². The zero-order valence-corrected chi connectivity index (χ0v) is 14.6. The van der Waals surface area contributed by atoms with E-state index in [1.165, 1.54) is 0 Å². The lowest BCUT2D eigenvalue weighted by Gasteiger charge is -2.19. The fourth-order valence-electron chi connectivity index (χ4n) is 3.86. The Labute approximate surface area is 153 Å². The number of aromatic carboxylic acids is 1. The Bertz CT molecular complexity index is 933. The number of hydrogen-bond donors (Lipinski definition) is 1. The molecule has 0 aliphatic heterocycles. The van der Waals surface area contributed by atoms with Crippen molar-refractivity contribution in [1.29, 1.82) is 0 Å². The van der Waals surface area contributed by atoms with E-state index in [1.807, 2.05) is 60.7 Å². The lowest BCUT2D eigenvalue weighted by atomic mass is 9.88. The number of carboxylic acid groups (broad SMARTS) is 1. The first-order valence-corrected chi connectivity index (χ1v) is 9.15. The van der Waals surface area contributed by atoms with Crippen molar-refractivity contribution in [3.63, 3.8) is 0 Å². The van der Waals surface area contributed by atoms with E-state index in [0.29, 0.717) is 11.3 Å². The minimum Gasteiger partial charge on any atom is -0.478 e. The topological polar surface area (TPSA) is 50.2 Å². The van der Waals surface area contributed by atoms with Gasteiger partial charge >= 0.3 is 5.97 Å². The van der Waals surface area contributed by atoms with Gasteiger partial charge in [0.25, 0.3) is 0 Å². The van der Waals surface area contributed by atoms with Gasteiger partial charge in [0.15, 0.2) is 0 Å². The Kier molecular flexibility index (Phi) is 4.53. The third-order valence-corrected chi connectivity index (χ3v) is 5.05. The molecular formula is C23H21NO2. The monoisotopic (exact) mass is 343 g/mol. The number of nitrogens with zero attached hydrogens (tertiary/aromatic N) is 1. The zero-order chi connectivity index (χ0) is 17.9. The van der Waals surface area contributed by atoms with Crippen LogP contribution in [0.2, 0.25) is 0 Å². The molecule has 1 N–H and O–H groups in total. The van der Waals surface area contributed by atoms with Crippen LogP contribution in [0.4, 0.5) is 0 Å². The van der Waals surface area contributed by atoms with E-state index in [1.54, 1.807) is 0 Å². The zero-order valence-electron chi connectivity index (χ0n) is 14.6. The molecule has 3 heteroatoms. The summed E-state index contributed by atoms with van der Waals surface area (Å²) in [6.45, 7) is 0. The van der Waals surface area contributed by atoms with Gasteiger partial charge in [0.05, 0.1) is 11.3 Å². The van der Waals surface area contributed by atoms with Gasteiger partial charge in [-0.1, -0.05) is 67.1 Å². The number of rotatable bonds is 3. The fraction of sp³-hybridized carbons (Fsp3) is 0.217. The van der Waals surface area contributed by atoms with Crippen molar-refractivity contribution in [3.8, 4) is 22.4 Å². The van der Waals surface area contributed by atoms with Gasteiger partial charge in [-0.3, -0.25) is 4.98 Å². The first kappa shape index (κ1) is 16.5. The van der Waals surface area contributed by atoms with Gasteiger partial charge in [0.2, 0.25) is 0 Å². The summed E-state index contributed by atoms with van der Waals surface area (Å²) in [7, 11) is 0. The molecule has 0 saturated heterocycles. The van der Waals surface area contributed by atoms with Crippen LogP contribution in [0.1, 0.15) is 40.9 Å². The molecule has 0 bridgehead atoms. The van der Waals surface area contributed by atoms with Gasteiger partial charge in [0, 0.05) is 16.8 Å². The highest BCUT2D eigenvalue weighted by atomic mass is 16.4. The smallest absolute Gasteiger partial charge is 0.338 e. The average molecular weight is 343 g/mol. The van der Waals surface area contributed by atoms with Crippen LogP contribution < -0.4 is 0 Å². The van der Waals surface area contributed by atoms with E-state index >= 15 is 0 Å². The van der Waals surface area contributed by atoms with Crippen molar-refractivity contribution in [3.05, 3.63) is 77.5 Å². The lowest BCUT2D eigenvalue weighted by molar-refractivity contribution is 0.0698. The predicted octanol–water partition coefficient (Wildman–Crippen LogP) is 5.38. The van der Waals surface area contributed by atoms with Gasteiger partial charge < -0.3 is 5.11 Å². The molecule has 0 amide bonds. The second-order valence-corrected chi connectivity index (χ2v) is 6.73. The molecule has 130 valence electrons. The maximum atomic E-state index is 12.3. The standard InChI is InChI=1S/C23H21NO2/c25-23(26)21-20(16-10-4-1-5-11-16)18-14-8-3-9-15-19(18)24-22(21)17-12-6-2-7-13-17/h1-2,4-7,10-13H,3,8-9,14-15H2,(H,25,26). The predicted molar refractivity (Wildman–Crippen MR) is 103 cm³/mol. The molecule has 0 saturated carbocycles. The van der Waals surface area contributed by atoms with Crippen LogP contribution in [0.3, 0.4) is 0 Å². The van der Waals surface area contributed by atoms with Crippen LogP contribution in [0.25, 0.3) is 22.4 Å². The molecule has 3 aromatic rings. The molecule has 4 rings (SSSR count). The number of pyridine rings is 1. The summed E-state index contributed by atoms with van der Waals surface area (Å²) in [4.78, 5) is 17.2. The van der Waals surface area contributed by atoms with Crippen LogP contribution in [-0.4, -0.2) is 16.1 Å². The van der Waals surface area contributed by atoms with Gasteiger partial charge in [-0.05, 0) is 36.8 Å². The maximum absolute atomic E-state index is 12.3. The lowest BCUT2D eigenvalue weighted by Crippen LogP contribution is -2.11. The van der Waals surface area contributed by atoms with Gasteiger partial charge in [-0.15, -0.1) is 0 Å². The average Bonchev–Trinajstić information content (AvgIpc) is 2.93. The molecule has 1 aliphatic carbocycles. The normalized spacial score (nSPS) is 13.7. The Morgan fingerprint density at radius 3 is 2.08 bits per heavy atom. The molecule has 26 heavy (non-hydrogen) atoms. The molecular weight excluding hydrogens is 322 g/mol. The summed E-state index contributed by atoms with van der Waals surface area (Å²) in [5.41, 5.74) is 5.75. The summed E-state index contributed by atoms with van der Waals surface area (Å²) in [6, 6.07) is 19.6. The Morgan fingerprint density at radius 1 is 0.808 bits per heavy atom. The quantitative estimate of drug-likeness (QED) is 0.649.